The number of halogens is 2. The highest BCUT2D eigenvalue weighted by atomic mass is 35.5. The molecule has 1 aliphatic rings. The van der Waals surface area contributed by atoms with Crippen LogP contribution in [0.15, 0.2) is 30.6 Å². The van der Waals surface area contributed by atoms with Gasteiger partial charge in [-0.2, -0.15) is 5.10 Å². The van der Waals surface area contributed by atoms with Crippen molar-refractivity contribution in [1.82, 2.24) is 20.4 Å². The van der Waals surface area contributed by atoms with Crippen molar-refractivity contribution in [2.75, 3.05) is 20.2 Å². The number of carbonyl (C=O) groups excluding carboxylic acids is 1. The summed E-state index contributed by atoms with van der Waals surface area (Å²) >= 11 is 5.97. The fraction of sp³-hybridized carbons (Fsp3) is 0.412. The molecular formula is C17H22Cl2N4O2. The number of hydrogen-bond donors (Lipinski definition) is 2. The van der Waals surface area contributed by atoms with Gasteiger partial charge in [0, 0.05) is 49.4 Å². The molecule has 2 aromatic rings. The second kappa shape index (κ2) is 8.56. The highest BCUT2D eigenvalue weighted by Crippen LogP contribution is 2.28. The topological polar surface area (TPSA) is 68.2 Å². The van der Waals surface area contributed by atoms with Crippen molar-refractivity contribution in [3.8, 4) is 5.75 Å². The Labute approximate surface area is 158 Å². The first-order valence-electron chi connectivity index (χ1n) is 7.88. The minimum Gasteiger partial charge on any atom is -0.496 e. The maximum atomic E-state index is 12.6. The molecule has 1 amide bonds. The number of nitrogens with zero attached hydrogens (tertiary/aromatic N) is 2. The van der Waals surface area contributed by atoms with E-state index in [1.807, 2.05) is 25.5 Å². The van der Waals surface area contributed by atoms with Crippen molar-refractivity contribution in [2.24, 2.45) is 13.0 Å². The Morgan fingerprint density at radius 1 is 1.48 bits per heavy atom. The van der Waals surface area contributed by atoms with Gasteiger partial charge in [-0.25, -0.2) is 0 Å². The first-order valence-corrected chi connectivity index (χ1v) is 8.25. The Bertz CT molecular complexity index is 735. The van der Waals surface area contributed by atoms with E-state index in [9.17, 15) is 4.79 Å². The van der Waals surface area contributed by atoms with E-state index >= 15 is 0 Å². The highest BCUT2D eigenvalue weighted by Gasteiger charge is 2.34. The third-order valence-electron chi connectivity index (χ3n) is 4.41. The van der Waals surface area contributed by atoms with E-state index in [1.165, 1.54) is 0 Å². The lowest BCUT2D eigenvalue weighted by Crippen LogP contribution is -2.34. The van der Waals surface area contributed by atoms with Crippen LogP contribution in [0.2, 0.25) is 5.02 Å². The second-order valence-corrected chi connectivity index (χ2v) is 6.43. The summed E-state index contributed by atoms with van der Waals surface area (Å²) in [5.41, 5.74) is 1.99. The summed E-state index contributed by atoms with van der Waals surface area (Å²) in [5, 5.41) is 11.1. The lowest BCUT2D eigenvalue weighted by atomic mass is 9.90. The fourth-order valence-electron chi connectivity index (χ4n) is 3.11. The molecule has 0 radical (unpaired) electrons. The zero-order valence-corrected chi connectivity index (χ0v) is 15.7. The van der Waals surface area contributed by atoms with Crippen molar-refractivity contribution in [1.29, 1.82) is 0 Å². The van der Waals surface area contributed by atoms with Gasteiger partial charge >= 0.3 is 0 Å². The Morgan fingerprint density at radius 2 is 2.28 bits per heavy atom. The summed E-state index contributed by atoms with van der Waals surface area (Å²) in [7, 11) is 3.48. The first-order chi connectivity index (χ1) is 11.6. The van der Waals surface area contributed by atoms with Gasteiger partial charge in [0.15, 0.2) is 0 Å². The van der Waals surface area contributed by atoms with Crippen LogP contribution >= 0.6 is 24.0 Å². The average molecular weight is 385 g/mol. The van der Waals surface area contributed by atoms with E-state index in [2.05, 4.69) is 15.7 Å². The van der Waals surface area contributed by atoms with Crippen LogP contribution in [0, 0.1) is 5.92 Å². The van der Waals surface area contributed by atoms with Gasteiger partial charge in [-0.1, -0.05) is 17.7 Å². The third-order valence-corrected chi connectivity index (χ3v) is 4.64. The van der Waals surface area contributed by atoms with Gasteiger partial charge in [-0.05, 0) is 17.7 Å². The van der Waals surface area contributed by atoms with E-state index < -0.39 is 0 Å². The predicted molar refractivity (Wildman–Crippen MR) is 99.4 cm³/mol. The summed E-state index contributed by atoms with van der Waals surface area (Å²) in [6.07, 6.45) is 3.81. The van der Waals surface area contributed by atoms with Gasteiger partial charge in [0.1, 0.15) is 5.75 Å². The van der Waals surface area contributed by atoms with Crippen LogP contribution in [0.3, 0.4) is 0 Å². The summed E-state index contributed by atoms with van der Waals surface area (Å²) in [6, 6.07) is 5.41. The Kier molecular flexibility index (Phi) is 6.70. The molecule has 25 heavy (non-hydrogen) atoms. The molecule has 1 aromatic carbocycles. The molecule has 136 valence electrons. The maximum absolute atomic E-state index is 12.6. The maximum Gasteiger partial charge on any atom is 0.225 e. The van der Waals surface area contributed by atoms with Crippen molar-refractivity contribution < 1.29 is 9.53 Å². The number of ether oxygens (including phenoxy) is 1. The van der Waals surface area contributed by atoms with E-state index in [4.69, 9.17) is 16.3 Å². The van der Waals surface area contributed by atoms with Crippen LogP contribution in [-0.2, 0) is 18.4 Å². The van der Waals surface area contributed by atoms with Crippen LogP contribution in [0.25, 0.3) is 0 Å². The molecule has 1 fully saturated rings. The molecule has 1 aliphatic heterocycles. The third kappa shape index (κ3) is 4.45. The summed E-state index contributed by atoms with van der Waals surface area (Å²) in [6.45, 7) is 1.87. The van der Waals surface area contributed by atoms with Crippen molar-refractivity contribution in [3.63, 3.8) is 0 Å². The molecule has 1 aromatic heterocycles. The van der Waals surface area contributed by atoms with Gasteiger partial charge in [-0.3, -0.25) is 9.48 Å². The molecular weight excluding hydrogens is 363 g/mol. The van der Waals surface area contributed by atoms with Gasteiger partial charge in [0.2, 0.25) is 5.91 Å². The van der Waals surface area contributed by atoms with E-state index in [0.29, 0.717) is 23.9 Å². The minimum absolute atomic E-state index is 0. The lowest BCUT2D eigenvalue weighted by Gasteiger charge is -2.17. The van der Waals surface area contributed by atoms with Crippen molar-refractivity contribution >= 4 is 29.9 Å². The minimum atomic E-state index is -0.104. The molecule has 1 saturated heterocycles. The molecule has 2 N–H and O–H groups in total. The van der Waals surface area contributed by atoms with Gasteiger partial charge in [-0.15, -0.1) is 12.4 Å². The summed E-state index contributed by atoms with van der Waals surface area (Å²) in [4.78, 5) is 12.6. The number of rotatable bonds is 5. The van der Waals surface area contributed by atoms with E-state index in [0.717, 1.165) is 17.7 Å². The number of carbonyl (C=O) groups is 1. The second-order valence-electron chi connectivity index (χ2n) is 5.99. The Morgan fingerprint density at radius 3 is 2.96 bits per heavy atom. The largest absolute Gasteiger partial charge is 0.496 e. The molecule has 0 unspecified atom stereocenters. The molecule has 2 atom stereocenters. The van der Waals surface area contributed by atoms with Crippen LogP contribution in [0.4, 0.5) is 0 Å². The fourth-order valence-corrected chi connectivity index (χ4v) is 3.28. The number of nitrogens with one attached hydrogen (secondary N) is 2. The monoisotopic (exact) mass is 384 g/mol. The molecule has 6 nitrogen and oxygen atoms in total. The molecule has 0 saturated carbocycles. The van der Waals surface area contributed by atoms with E-state index in [-0.39, 0.29) is 30.2 Å². The molecule has 8 heteroatoms. The molecule has 0 bridgehead atoms. The number of aryl methyl sites for hydroxylation is 1. The van der Waals surface area contributed by atoms with Crippen LogP contribution in [0.1, 0.15) is 17.0 Å². The highest BCUT2D eigenvalue weighted by molar-refractivity contribution is 6.30. The molecule has 3 rings (SSSR count). The smallest absolute Gasteiger partial charge is 0.225 e. The molecule has 0 spiro atoms. The zero-order valence-electron chi connectivity index (χ0n) is 14.2. The summed E-state index contributed by atoms with van der Waals surface area (Å²) < 4.78 is 7.08. The average Bonchev–Trinajstić information content (AvgIpc) is 3.21. The molecule has 2 heterocycles. The number of hydrogen-bond acceptors (Lipinski definition) is 4. The SMILES string of the molecule is COc1cc(Cl)ccc1CNC(=O)[C@H]1CNC[C@@H]1c1cnn(C)c1.Cl. The van der Waals surface area contributed by atoms with Crippen LogP contribution in [0.5, 0.6) is 5.75 Å². The van der Waals surface area contributed by atoms with E-state index in [1.54, 1.807) is 23.9 Å². The predicted octanol–water partition coefficient (Wildman–Crippen LogP) is 2.12. The molecule has 0 aliphatic carbocycles. The Balaban J connectivity index is 0.00000225. The lowest BCUT2D eigenvalue weighted by molar-refractivity contribution is -0.125. The summed E-state index contributed by atoms with van der Waals surface area (Å²) in [5.74, 6) is 0.750. The number of aromatic nitrogens is 2. The van der Waals surface area contributed by atoms with Gasteiger partial charge in [0.05, 0.1) is 19.2 Å². The van der Waals surface area contributed by atoms with Crippen LogP contribution < -0.4 is 15.4 Å². The standard InChI is InChI=1S/C17H21ClN4O2.ClH/c1-22-10-12(7-21-22)14-8-19-9-15(14)17(23)20-6-11-3-4-13(18)5-16(11)24-2;/h3-5,7,10,14-15,19H,6,8-9H2,1-2H3,(H,20,23);1H/t14-,15+;/m1./s1. The zero-order chi connectivity index (χ0) is 17.1. The van der Waals surface area contributed by atoms with Gasteiger partial charge in [0.25, 0.3) is 0 Å². The first kappa shape index (κ1) is 19.6. The normalized spacial score (nSPS) is 19.3. The van der Waals surface area contributed by atoms with Crippen molar-refractivity contribution in [2.45, 2.75) is 12.5 Å². The van der Waals surface area contributed by atoms with Crippen molar-refractivity contribution in [3.05, 3.63) is 46.7 Å². The number of benzene rings is 1. The van der Waals surface area contributed by atoms with Gasteiger partial charge < -0.3 is 15.4 Å². The Hall–Kier alpha value is -1.76. The quantitative estimate of drug-likeness (QED) is 0.828. The number of methoxy groups -OCH3 is 1. The number of amides is 1. The van der Waals surface area contributed by atoms with Crippen LogP contribution in [-0.4, -0.2) is 35.9 Å².